The van der Waals surface area contributed by atoms with Gasteiger partial charge in [0.05, 0.1) is 5.69 Å². The Morgan fingerprint density at radius 3 is 2.68 bits per heavy atom. The molecule has 96 valence electrons. The molecule has 0 saturated carbocycles. The van der Waals surface area contributed by atoms with E-state index in [2.05, 4.69) is 33.4 Å². The summed E-state index contributed by atoms with van der Waals surface area (Å²) in [5.74, 6) is 0.0678. The van der Waals surface area contributed by atoms with Gasteiger partial charge in [-0.15, -0.1) is 11.8 Å². The number of anilines is 1. The molecule has 2 aromatic rings. The highest BCUT2D eigenvalue weighted by Crippen LogP contribution is 2.45. The number of hydrogen-bond donors (Lipinski definition) is 1. The molecule has 0 aliphatic carbocycles. The van der Waals surface area contributed by atoms with Gasteiger partial charge < -0.3 is 5.32 Å². The lowest BCUT2D eigenvalue weighted by Gasteiger charge is -2.15. The molecule has 1 atom stereocenters. The fraction of sp³-hybridized carbons (Fsp3) is 0.133. The van der Waals surface area contributed by atoms with Gasteiger partial charge in [-0.1, -0.05) is 46.3 Å². The quantitative estimate of drug-likeness (QED) is 0.824. The summed E-state index contributed by atoms with van der Waals surface area (Å²) in [6.45, 7) is 0. The Labute approximate surface area is 124 Å². The zero-order valence-corrected chi connectivity index (χ0v) is 12.5. The normalized spacial score (nSPS) is 18.4. The van der Waals surface area contributed by atoms with Crippen LogP contribution in [0.15, 0.2) is 57.9 Å². The first-order valence-corrected chi connectivity index (χ1v) is 7.71. The third-order valence-electron chi connectivity index (χ3n) is 3.05. The number of carbonyl (C=O) groups excluding carboxylic acids is 1. The highest BCUT2D eigenvalue weighted by atomic mass is 79.9. The molecule has 2 aromatic carbocycles. The number of thioether (sulfide) groups is 1. The van der Waals surface area contributed by atoms with Gasteiger partial charge in [-0.05, 0) is 23.8 Å². The first-order valence-electron chi connectivity index (χ1n) is 6.04. The van der Waals surface area contributed by atoms with E-state index in [1.165, 1.54) is 5.56 Å². The summed E-state index contributed by atoms with van der Waals surface area (Å²) in [6.07, 6.45) is 0.488. The monoisotopic (exact) mass is 333 g/mol. The van der Waals surface area contributed by atoms with E-state index in [1.807, 2.05) is 36.4 Å². The Balaban J connectivity index is 2.01. The highest BCUT2D eigenvalue weighted by Gasteiger charge is 2.24. The van der Waals surface area contributed by atoms with E-state index < -0.39 is 0 Å². The van der Waals surface area contributed by atoms with Gasteiger partial charge in [-0.3, -0.25) is 4.79 Å². The van der Waals surface area contributed by atoms with E-state index in [1.54, 1.807) is 11.8 Å². The molecule has 1 unspecified atom stereocenters. The summed E-state index contributed by atoms with van der Waals surface area (Å²) in [5.41, 5.74) is 2.08. The fourth-order valence-electron chi connectivity index (χ4n) is 2.15. The molecule has 1 amide bonds. The molecule has 1 heterocycles. The van der Waals surface area contributed by atoms with Gasteiger partial charge in [0, 0.05) is 21.0 Å². The van der Waals surface area contributed by atoms with Crippen LogP contribution in [-0.4, -0.2) is 5.91 Å². The van der Waals surface area contributed by atoms with E-state index >= 15 is 0 Å². The molecule has 2 nitrogen and oxygen atoms in total. The lowest BCUT2D eigenvalue weighted by atomic mass is 10.1. The standard InChI is InChI=1S/C15H12BrNOS/c16-11-6-2-1-5-10(11)14-9-15(18)17-12-7-3-4-8-13(12)19-14/h1-8,14H,9H2,(H,17,18). The smallest absolute Gasteiger partial charge is 0.225 e. The molecule has 0 spiro atoms. The van der Waals surface area contributed by atoms with Gasteiger partial charge in [0.25, 0.3) is 0 Å². The second kappa shape index (κ2) is 5.39. The zero-order chi connectivity index (χ0) is 13.2. The average molecular weight is 334 g/mol. The molecule has 0 bridgehead atoms. The number of nitrogens with one attached hydrogen (secondary N) is 1. The Morgan fingerprint density at radius 1 is 1.11 bits per heavy atom. The van der Waals surface area contributed by atoms with E-state index in [-0.39, 0.29) is 11.2 Å². The van der Waals surface area contributed by atoms with Crippen LogP contribution in [0.2, 0.25) is 0 Å². The van der Waals surface area contributed by atoms with Gasteiger partial charge in [0.2, 0.25) is 5.91 Å². The lowest BCUT2D eigenvalue weighted by molar-refractivity contribution is -0.116. The van der Waals surface area contributed by atoms with Crippen LogP contribution < -0.4 is 5.32 Å². The maximum atomic E-state index is 12.0. The van der Waals surface area contributed by atoms with Crippen molar-refractivity contribution in [3.63, 3.8) is 0 Å². The summed E-state index contributed by atoms with van der Waals surface area (Å²) in [4.78, 5) is 13.1. The Bertz CT molecular complexity index is 629. The van der Waals surface area contributed by atoms with Crippen LogP contribution in [0.1, 0.15) is 17.2 Å². The minimum Gasteiger partial charge on any atom is -0.325 e. The Morgan fingerprint density at radius 2 is 1.84 bits per heavy atom. The second-order valence-electron chi connectivity index (χ2n) is 4.38. The minimum absolute atomic E-state index is 0.0678. The number of benzene rings is 2. The number of carbonyl (C=O) groups is 1. The summed E-state index contributed by atoms with van der Waals surface area (Å²) in [7, 11) is 0. The van der Waals surface area contributed by atoms with Crippen molar-refractivity contribution in [3.8, 4) is 0 Å². The predicted molar refractivity (Wildman–Crippen MR) is 82.4 cm³/mol. The maximum absolute atomic E-state index is 12.0. The van der Waals surface area contributed by atoms with Crippen LogP contribution in [0.5, 0.6) is 0 Å². The number of fused-ring (bicyclic) bond motifs is 1. The number of rotatable bonds is 1. The van der Waals surface area contributed by atoms with Crippen LogP contribution in [0.4, 0.5) is 5.69 Å². The van der Waals surface area contributed by atoms with Crippen molar-refractivity contribution >= 4 is 39.3 Å². The minimum atomic E-state index is 0.0678. The van der Waals surface area contributed by atoms with Crippen molar-refractivity contribution in [1.29, 1.82) is 0 Å². The molecule has 1 aliphatic heterocycles. The van der Waals surface area contributed by atoms with E-state index in [9.17, 15) is 4.79 Å². The summed E-state index contributed by atoms with van der Waals surface area (Å²) in [6, 6.07) is 16.0. The molecule has 1 N–H and O–H groups in total. The van der Waals surface area contributed by atoms with E-state index in [0.29, 0.717) is 6.42 Å². The first-order chi connectivity index (χ1) is 9.24. The van der Waals surface area contributed by atoms with Crippen molar-refractivity contribution in [2.24, 2.45) is 0 Å². The number of para-hydroxylation sites is 1. The van der Waals surface area contributed by atoms with Gasteiger partial charge in [-0.2, -0.15) is 0 Å². The summed E-state index contributed by atoms with van der Waals surface area (Å²) >= 11 is 5.31. The van der Waals surface area contributed by atoms with Gasteiger partial charge >= 0.3 is 0 Å². The van der Waals surface area contributed by atoms with Crippen molar-refractivity contribution < 1.29 is 4.79 Å². The third-order valence-corrected chi connectivity index (χ3v) is 5.09. The molecule has 0 radical (unpaired) electrons. The number of halogens is 1. The van der Waals surface area contributed by atoms with Crippen molar-refractivity contribution in [3.05, 3.63) is 58.6 Å². The molecular formula is C15H12BrNOS. The van der Waals surface area contributed by atoms with Crippen molar-refractivity contribution in [2.75, 3.05) is 5.32 Å². The van der Waals surface area contributed by atoms with Crippen LogP contribution in [0.3, 0.4) is 0 Å². The second-order valence-corrected chi connectivity index (χ2v) is 6.48. The highest BCUT2D eigenvalue weighted by molar-refractivity contribution is 9.10. The molecule has 0 saturated heterocycles. The molecule has 4 heteroatoms. The number of amides is 1. The maximum Gasteiger partial charge on any atom is 0.225 e. The number of hydrogen-bond acceptors (Lipinski definition) is 2. The van der Waals surface area contributed by atoms with Crippen LogP contribution in [0.25, 0.3) is 0 Å². The van der Waals surface area contributed by atoms with E-state index in [4.69, 9.17) is 0 Å². The van der Waals surface area contributed by atoms with Gasteiger partial charge in [0.1, 0.15) is 0 Å². The van der Waals surface area contributed by atoms with Crippen LogP contribution >= 0.6 is 27.7 Å². The molecule has 19 heavy (non-hydrogen) atoms. The Kier molecular flexibility index (Phi) is 3.62. The zero-order valence-electron chi connectivity index (χ0n) is 10.1. The fourth-order valence-corrected chi connectivity index (χ4v) is 4.14. The summed E-state index contributed by atoms with van der Waals surface area (Å²) in [5, 5.41) is 3.10. The molecule has 3 rings (SSSR count). The largest absolute Gasteiger partial charge is 0.325 e. The SMILES string of the molecule is O=C1CC(c2ccccc2Br)Sc2ccccc2N1. The molecule has 1 aliphatic rings. The lowest BCUT2D eigenvalue weighted by Crippen LogP contribution is -2.12. The first kappa shape index (κ1) is 12.8. The van der Waals surface area contributed by atoms with E-state index in [0.717, 1.165) is 15.1 Å². The van der Waals surface area contributed by atoms with Crippen molar-refractivity contribution in [2.45, 2.75) is 16.6 Å². The molecule has 0 aromatic heterocycles. The molecular weight excluding hydrogens is 322 g/mol. The Hall–Kier alpha value is -1.26. The third kappa shape index (κ3) is 2.69. The summed E-state index contributed by atoms with van der Waals surface area (Å²) < 4.78 is 1.06. The van der Waals surface area contributed by atoms with Crippen LogP contribution in [-0.2, 0) is 4.79 Å². The molecule has 0 fully saturated rings. The van der Waals surface area contributed by atoms with Gasteiger partial charge in [-0.25, -0.2) is 0 Å². The predicted octanol–water partition coefficient (Wildman–Crippen LogP) is 4.62. The van der Waals surface area contributed by atoms with Gasteiger partial charge in [0.15, 0.2) is 0 Å². The average Bonchev–Trinajstić information content (AvgIpc) is 2.57. The van der Waals surface area contributed by atoms with Crippen LogP contribution in [0, 0.1) is 0 Å². The van der Waals surface area contributed by atoms with Crippen molar-refractivity contribution in [1.82, 2.24) is 0 Å². The topological polar surface area (TPSA) is 29.1 Å².